The molecule has 5 nitrogen and oxygen atoms in total. The van der Waals surface area contributed by atoms with Crippen LogP contribution in [0.15, 0.2) is 24.5 Å². The Labute approximate surface area is 132 Å². The van der Waals surface area contributed by atoms with E-state index in [0.717, 1.165) is 17.8 Å². The number of halogens is 2. The normalized spacial score (nSPS) is 14.0. The van der Waals surface area contributed by atoms with Gasteiger partial charge in [0.15, 0.2) is 0 Å². The lowest BCUT2D eigenvalue weighted by molar-refractivity contribution is 0.204. The summed E-state index contributed by atoms with van der Waals surface area (Å²) in [5, 5.41) is 3.72. The molecule has 110 valence electrons. The Hall–Kier alpha value is -1.72. The summed E-state index contributed by atoms with van der Waals surface area (Å²) in [7, 11) is 1.94. The number of hydrogen-bond donors (Lipinski definition) is 1. The fraction of sp³-hybridized carbons (Fsp3) is 0.286. The molecule has 0 saturated heterocycles. The molecule has 2 amide bonds. The Morgan fingerprint density at radius 2 is 2.14 bits per heavy atom. The van der Waals surface area contributed by atoms with E-state index in [1.165, 1.54) is 0 Å². The van der Waals surface area contributed by atoms with Crippen molar-refractivity contribution in [3.63, 3.8) is 0 Å². The van der Waals surface area contributed by atoms with E-state index in [9.17, 15) is 4.79 Å². The summed E-state index contributed by atoms with van der Waals surface area (Å²) >= 11 is 11.8. The minimum atomic E-state index is -0.153. The number of urea groups is 1. The molecule has 1 aromatic carbocycles. The zero-order valence-corrected chi connectivity index (χ0v) is 12.9. The van der Waals surface area contributed by atoms with Crippen LogP contribution in [0.3, 0.4) is 0 Å². The number of carbonyl (C=O) groups is 1. The second-order valence-corrected chi connectivity index (χ2v) is 5.79. The summed E-state index contributed by atoms with van der Waals surface area (Å²) in [6, 6.07) is 4.88. The molecular weight excluding hydrogens is 311 g/mol. The van der Waals surface area contributed by atoms with E-state index >= 15 is 0 Å². The molecule has 0 saturated carbocycles. The molecular formula is C14H14Cl2N4O. The predicted molar refractivity (Wildman–Crippen MR) is 82.8 cm³/mol. The molecule has 1 aliphatic rings. The number of nitrogens with zero attached hydrogens (tertiary/aromatic N) is 3. The van der Waals surface area contributed by atoms with Crippen molar-refractivity contribution in [2.45, 2.75) is 13.0 Å². The highest BCUT2D eigenvalue weighted by molar-refractivity contribution is 6.42. The fourth-order valence-corrected chi connectivity index (χ4v) is 2.66. The van der Waals surface area contributed by atoms with E-state index < -0.39 is 0 Å². The number of carbonyl (C=O) groups excluding carboxylic acids is 1. The largest absolute Gasteiger partial charge is 0.336 e. The molecule has 0 radical (unpaired) electrons. The van der Waals surface area contributed by atoms with Crippen LogP contribution in [0.25, 0.3) is 0 Å². The third-order valence-corrected chi connectivity index (χ3v) is 4.30. The molecule has 0 atom stereocenters. The van der Waals surface area contributed by atoms with Gasteiger partial charge in [0.1, 0.15) is 0 Å². The summed E-state index contributed by atoms with van der Waals surface area (Å²) in [5.41, 5.74) is 2.77. The smallest absolute Gasteiger partial charge is 0.322 e. The van der Waals surface area contributed by atoms with Gasteiger partial charge in [-0.1, -0.05) is 23.2 Å². The number of hydrogen-bond acceptors (Lipinski definition) is 2. The summed E-state index contributed by atoms with van der Waals surface area (Å²) in [6.07, 6.45) is 2.55. The van der Waals surface area contributed by atoms with Gasteiger partial charge in [-0.15, -0.1) is 0 Å². The van der Waals surface area contributed by atoms with Gasteiger partial charge in [0.25, 0.3) is 0 Å². The van der Waals surface area contributed by atoms with Crippen LogP contribution in [-0.4, -0.2) is 27.0 Å². The standard InChI is InChI=1S/C14H14Cl2N4O/c1-19-8-17-12-4-5-20(7-13(12)19)14(21)18-9-2-3-10(15)11(16)6-9/h2-3,6,8H,4-5,7H2,1H3,(H,18,21). The number of amides is 2. The van der Waals surface area contributed by atoms with Gasteiger partial charge >= 0.3 is 6.03 Å². The Kier molecular flexibility index (Phi) is 3.78. The first-order valence-corrected chi connectivity index (χ1v) is 7.30. The van der Waals surface area contributed by atoms with Crippen molar-refractivity contribution >= 4 is 34.9 Å². The number of nitrogens with one attached hydrogen (secondary N) is 1. The number of anilines is 1. The van der Waals surface area contributed by atoms with Gasteiger partial charge in [-0.05, 0) is 18.2 Å². The topological polar surface area (TPSA) is 50.2 Å². The first-order chi connectivity index (χ1) is 10.0. The number of imidazole rings is 1. The quantitative estimate of drug-likeness (QED) is 0.874. The van der Waals surface area contributed by atoms with Gasteiger partial charge in [-0.3, -0.25) is 0 Å². The highest BCUT2D eigenvalue weighted by atomic mass is 35.5. The molecule has 2 heterocycles. The summed E-state index contributed by atoms with van der Waals surface area (Å²) in [4.78, 5) is 18.4. The fourth-order valence-electron chi connectivity index (χ4n) is 2.37. The van der Waals surface area contributed by atoms with Crippen LogP contribution in [0, 0.1) is 0 Å². The van der Waals surface area contributed by atoms with Gasteiger partial charge in [0.05, 0.1) is 34.3 Å². The predicted octanol–water partition coefficient (Wildman–Crippen LogP) is 3.32. The van der Waals surface area contributed by atoms with Gasteiger partial charge in [-0.25, -0.2) is 9.78 Å². The number of benzene rings is 1. The SMILES string of the molecule is Cn1cnc2c1CN(C(=O)Nc1ccc(Cl)c(Cl)c1)CC2. The van der Waals surface area contributed by atoms with E-state index in [-0.39, 0.29) is 6.03 Å². The lowest BCUT2D eigenvalue weighted by Gasteiger charge is -2.27. The molecule has 2 aromatic rings. The maximum atomic E-state index is 12.3. The second kappa shape index (κ2) is 5.58. The maximum Gasteiger partial charge on any atom is 0.322 e. The van der Waals surface area contributed by atoms with Crippen molar-refractivity contribution in [3.8, 4) is 0 Å². The average molecular weight is 325 g/mol. The Morgan fingerprint density at radius 1 is 1.33 bits per heavy atom. The summed E-state index contributed by atoms with van der Waals surface area (Å²) in [5.74, 6) is 0. The minimum absolute atomic E-state index is 0.153. The Morgan fingerprint density at radius 3 is 2.90 bits per heavy atom. The second-order valence-electron chi connectivity index (χ2n) is 4.98. The van der Waals surface area contributed by atoms with Crippen molar-refractivity contribution in [2.75, 3.05) is 11.9 Å². The molecule has 1 N–H and O–H groups in total. The van der Waals surface area contributed by atoms with Gasteiger partial charge in [0, 0.05) is 25.7 Å². The summed E-state index contributed by atoms with van der Waals surface area (Å²) < 4.78 is 1.95. The number of fused-ring (bicyclic) bond motifs is 1. The first kappa shape index (κ1) is 14.2. The molecule has 21 heavy (non-hydrogen) atoms. The van der Waals surface area contributed by atoms with Crippen molar-refractivity contribution in [2.24, 2.45) is 7.05 Å². The van der Waals surface area contributed by atoms with Crippen molar-refractivity contribution in [3.05, 3.63) is 46.0 Å². The number of aryl methyl sites for hydroxylation is 1. The minimum Gasteiger partial charge on any atom is -0.336 e. The first-order valence-electron chi connectivity index (χ1n) is 6.54. The van der Waals surface area contributed by atoms with Crippen LogP contribution in [0.2, 0.25) is 10.0 Å². The van der Waals surface area contributed by atoms with Crippen molar-refractivity contribution in [1.29, 1.82) is 0 Å². The molecule has 0 fully saturated rings. The molecule has 1 aliphatic heterocycles. The van der Waals surface area contributed by atoms with Crippen molar-refractivity contribution < 1.29 is 4.79 Å². The van der Waals surface area contributed by atoms with Crippen LogP contribution in [0.5, 0.6) is 0 Å². The van der Waals surface area contributed by atoms with Crippen LogP contribution in [0.1, 0.15) is 11.4 Å². The molecule has 0 bridgehead atoms. The van der Waals surface area contributed by atoms with E-state index in [2.05, 4.69) is 10.3 Å². The van der Waals surface area contributed by atoms with Gasteiger partial charge in [-0.2, -0.15) is 0 Å². The Balaban J connectivity index is 1.72. The van der Waals surface area contributed by atoms with Crippen LogP contribution < -0.4 is 5.32 Å². The van der Waals surface area contributed by atoms with Gasteiger partial charge < -0.3 is 14.8 Å². The molecule has 7 heteroatoms. The zero-order chi connectivity index (χ0) is 15.0. The third-order valence-electron chi connectivity index (χ3n) is 3.56. The molecule has 0 spiro atoms. The Bertz CT molecular complexity index is 698. The summed E-state index contributed by atoms with van der Waals surface area (Å²) in [6.45, 7) is 1.20. The van der Waals surface area contributed by atoms with Crippen LogP contribution >= 0.6 is 23.2 Å². The number of rotatable bonds is 1. The van der Waals surface area contributed by atoms with E-state index in [0.29, 0.717) is 28.8 Å². The highest BCUT2D eigenvalue weighted by Gasteiger charge is 2.23. The molecule has 0 unspecified atom stereocenters. The van der Waals surface area contributed by atoms with Crippen molar-refractivity contribution in [1.82, 2.24) is 14.5 Å². The lowest BCUT2D eigenvalue weighted by Crippen LogP contribution is -2.39. The molecule has 0 aliphatic carbocycles. The molecule has 1 aromatic heterocycles. The average Bonchev–Trinajstić information content (AvgIpc) is 2.84. The van der Waals surface area contributed by atoms with Gasteiger partial charge in [0.2, 0.25) is 0 Å². The van der Waals surface area contributed by atoms with E-state index in [1.807, 2.05) is 11.6 Å². The third kappa shape index (κ3) is 2.84. The monoisotopic (exact) mass is 324 g/mol. The van der Waals surface area contributed by atoms with Crippen LogP contribution in [0.4, 0.5) is 10.5 Å². The van der Waals surface area contributed by atoms with E-state index in [4.69, 9.17) is 23.2 Å². The van der Waals surface area contributed by atoms with E-state index in [1.54, 1.807) is 29.4 Å². The van der Waals surface area contributed by atoms with Crippen LogP contribution in [-0.2, 0) is 20.0 Å². The highest BCUT2D eigenvalue weighted by Crippen LogP contribution is 2.25. The zero-order valence-electron chi connectivity index (χ0n) is 11.4. The number of aromatic nitrogens is 2. The molecule has 3 rings (SSSR count). The maximum absolute atomic E-state index is 12.3. The lowest BCUT2D eigenvalue weighted by atomic mass is 10.1.